The van der Waals surface area contributed by atoms with Gasteiger partial charge < -0.3 is 4.74 Å². The van der Waals surface area contributed by atoms with Crippen molar-refractivity contribution in [1.29, 1.82) is 0 Å². The molecule has 0 spiro atoms. The van der Waals surface area contributed by atoms with Crippen LogP contribution < -0.4 is 0 Å². The number of carbonyl (C=O) groups excluding carboxylic acids is 1. The number of carbonyl (C=O) groups is 1. The van der Waals surface area contributed by atoms with Gasteiger partial charge in [0.2, 0.25) is 0 Å². The summed E-state index contributed by atoms with van der Waals surface area (Å²) in [4.78, 5) is 11.5. The first-order valence-electron chi connectivity index (χ1n) is 8.25. The number of rotatable bonds is 12. The Morgan fingerprint density at radius 3 is 2.11 bits per heavy atom. The molecule has 0 fully saturated rings. The van der Waals surface area contributed by atoms with Crippen LogP contribution in [0.4, 0.5) is 0 Å². The molecule has 0 aliphatic heterocycles. The summed E-state index contributed by atoms with van der Waals surface area (Å²) in [6, 6.07) is 0. The van der Waals surface area contributed by atoms with Crippen molar-refractivity contribution in [2.45, 2.75) is 85.5 Å². The van der Waals surface area contributed by atoms with Gasteiger partial charge in [0.05, 0.1) is 6.61 Å². The number of ether oxygens (including phenoxy) is 1. The maximum absolute atomic E-state index is 11.5. The van der Waals surface area contributed by atoms with Gasteiger partial charge in [0.25, 0.3) is 0 Å². The molecule has 0 aromatic rings. The zero-order chi connectivity index (χ0) is 14.5. The molecule has 0 amide bonds. The lowest BCUT2D eigenvalue weighted by atomic mass is 10.0. The highest BCUT2D eigenvalue weighted by Crippen LogP contribution is 2.12. The van der Waals surface area contributed by atoms with Gasteiger partial charge in [-0.1, -0.05) is 72.6 Å². The molecule has 0 saturated heterocycles. The third-order valence-corrected chi connectivity index (χ3v) is 3.80. The predicted molar refractivity (Wildman–Crippen MR) is 82.2 cm³/mol. The van der Waals surface area contributed by atoms with Crippen molar-refractivity contribution in [2.75, 3.05) is 6.61 Å². The van der Waals surface area contributed by atoms with E-state index < -0.39 is 0 Å². The fourth-order valence-electron chi connectivity index (χ4n) is 2.16. The van der Waals surface area contributed by atoms with E-state index in [0.29, 0.717) is 18.9 Å². The van der Waals surface area contributed by atoms with Gasteiger partial charge in [-0.25, -0.2) is 0 Å². The lowest BCUT2D eigenvalue weighted by Crippen LogP contribution is -2.12. The van der Waals surface area contributed by atoms with E-state index in [1.807, 2.05) is 0 Å². The SMILES string of the molecule is CCC(CC)COC(=O)CCCCCCCC(C)C. The van der Waals surface area contributed by atoms with Gasteiger partial charge in [-0.05, 0) is 18.3 Å². The van der Waals surface area contributed by atoms with Gasteiger partial charge in [-0.3, -0.25) is 4.79 Å². The maximum Gasteiger partial charge on any atom is 0.305 e. The van der Waals surface area contributed by atoms with Crippen molar-refractivity contribution in [1.82, 2.24) is 0 Å². The summed E-state index contributed by atoms with van der Waals surface area (Å²) in [5.41, 5.74) is 0. The average molecular weight is 270 g/mol. The molecular weight excluding hydrogens is 236 g/mol. The first kappa shape index (κ1) is 18.5. The topological polar surface area (TPSA) is 26.3 Å². The second kappa shape index (κ2) is 12.5. The number of hydrogen-bond acceptors (Lipinski definition) is 2. The molecule has 0 rings (SSSR count). The first-order chi connectivity index (χ1) is 9.10. The Balaban J connectivity index is 3.34. The van der Waals surface area contributed by atoms with Crippen molar-refractivity contribution in [2.24, 2.45) is 11.8 Å². The van der Waals surface area contributed by atoms with E-state index in [0.717, 1.165) is 31.6 Å². The van der Waals surface area contributed by atoms with Crippen LogP contribution in [0, 0.1) is 11.8 Å². The minimum Gasteiger partial charge on any atom is -0.465 e. The molecule has 114 valence electrons. The summed E-state index contributed by atoms with van der Waals surface area (Å²) in [5, 5.41) is 0. The highest BCUT2D eigenvalue weighted by Gasteiger charge is 2.08. The Bertz CT molecular complexity index is 207. The van der Waals surface area contributed by atoms with E-state index in [2.05, 4.69) is 27.7 Å². The van der Waals surface area contributed by atoms with Crippen LogP contribution in [0.15, 0.2) is 0 Å². The van der Waals surface area contributed by atoms with E-state index in [1.165, 1.54) is 25.7 Å². The van der Waals surface area contributed by atoms with Gasteiger partial charge in [0, 0.05) is 6.42 Å². The van der Waals surface area contributed by atoms with Crippen LogP contribution in [0.5, 0.6) is 0 Å². The quantitative estimate of drug-likeness (QED) is 0.353. The molecule has 2 heteroatoms. The molecule has 19 heavy (non-hydrogen) atoms. The van der Waals surface area contributed by atoms with E-state index in [-0.39, 0.29) is 5.97 Å². The average Bonchev–Trinajstić information content (AvgIpc) is 2.38. The molecule has 0 aliphatic rings. The van der Waals surface area contributed by atoms with Crippen molar-refractivity contribution >= 4 is 5.97 Å². The van der Waals surface area contributed by atoms with Crippen LogP contribution in [-0.2, 0) is 9.53 Å². The van der Waals surface area contributed by atoms with Crippen molar-refractivity contribution in [3.63, 3.8) is 0 Å². The Morgan fingerprint density at radius 1 is 0.947 bits per heavy atom. The molecule has 0 bridgehead atoms. The molecule has 2 nitrogen and oxygen atoms in total. The molecule has 0 atom stereocenters. The van der Waals surface area contributed by atoms with Crippen LogP contribution in [0.3, 0.4) is 0 Å². The van der Waals surface area contributed by atoms with E-state index in [1.54, 1.807) is 0 Å². The monoisotopic (exact) mass is 270 g/mol. The molecule has 0 N–H and O–H groups in total. The predicted octanol–water partition coefficient (Wildman–Crippen LogP) is 5.35. The second-order valence-electron chi connectivity index (χ2n) is 6.07. The van der Waals surface area contributed by atoms with Crippen LogP contribution in [-0.4, -0.2) is 12.6 Å². The van der Waals surface area contributed by atoms with Gasteiger partial charge >= 0.3 is 5.97 Å². The van der Waals surface area contributed by atoms with E-state index >= 15 is 0 Å². The first-order valence-corrected chi connectivity index (χ1v) is 8.25. The lowest BCUT2D eigenvalue weighted by molar-refractivity contribution is -0.145. The summed E-state index contributed by atoms with van der Waals surface area (Å²) in [6.45, 7) is 9.46. The largest absolute Gasteiger partial charge is 0.465 e. The molecule has 0 aromatic heterocycles. The standard InChI is InChI=1S/C17H34O2/c1-5-16(6-2)14-19-17(18)13-11-9-7-8-10-12-15(3)4/h15-16H,5-14H2,1-4H3. The Morgan fingerprint density at radius 2 is 1.53 bits per heavy atom. The summed E-state index contributed by atoms with van der Waals surface area (Å²) in [7, 11) is 0. The second-order valence-corrected chi connectivity index (χ2v) is 6.07. The maximum atomic E-state index is 11.5. The zero-order valence-electron chi connectivity index (χ0n) is 13.5. The summed E-state index contributed by atoms with van der Waals surface area (Å²) >= 11 is 0. The van der Waals surface area contributed by atoms with Gasteiger partial charge in [0.15, 0.2) is 0 Å². The summed E-state index contributed by atoms with van der Waals surface area (Å²) < 4.78 is 5.31. The van der Waals surface area contributed by atoms with Crippen molar-refractivity contribution in [3.8, 4) is 0 Å². The van der Waals surface area contributed by atoms with E-state index in [9.17, 15) is 4.79 Å². The fourth-order valence-corrected chi connectivity index (χ4v) is 2.16. The summed E-state index contributed by atoms with van der Waals surface area (Å²) in [5.74, 6) is 1.36. The zero-order valence-corrected chi connectivity index (χ0v) is 13.5. The molecule has 0 unspecified atom stereocenters. The normalized spacial score (nSPS) is 11.3. The Kier molecular flexibility index (Phi) is 12.2. The van der Waals surface area contributed by atoms with Gasteiger partial charge in [-0.15, -0.1) is 0 Å². The number of esters is 1. The molecule has 0 radical (unpaired) electrons. The van der Waals surface area contributed by atoms with Gasteiger partial charge in [0.1, 0.15) is 0 Å². The molecule has 0 saturated carbocycles. The minimum atomic E-state index is -0.00548. The lowest BCUT2D eigenvalue weighted by Gasteiger charge is -2.12. The molecule has 0 aliphatic carbocycles. The third kappa shape index (κ3) is 12.3. The summed E-state index contributed by atoms with van der Waals surface area (Å²) in [6.07, 6.45) is 10.2. The molecular formula is C17H34O2. The van der Waals surface area contributed by atoms with Crippen LogP contribution in [0.1, 0.15) is 85.5 Å². The van der Waals surface area contributed by atoms with Gasteiger partial charge in [-0.2, -0.15) is 0 Å². The van der Waals surface area contributed by atoms with Crippen molar-refractivity contribution < 1.29 is 9.53 Å². The van der Waals surface area contributed by atoms with Crippen molar-refractivity contribution in [3.05, 3.63) is 0 Å². The Hall–Kier alpha value is -0.530. The minimum absolute atomic E-state index is 0.00548. The smallest absolute Gasteiger partial charge is 0.305 e. The third-order valence-electron chi connectivity index (χ3n) is 3.80. The molecule has 0 aromatic carbocycles. The Labute approximate surface area is 120 Å². The van der Waals surface area contributed by atoms with E-state index in [4.69, 9.17) is 4.74 Å². The molecule has 0 heterocycles. The number of hydrogen-bond donors (Lipinski definition) is 0. The highest BCUT2D eigenvalue weighted by molar-refractivity contribution is 5.69. The van der Waals surface area contributed by atoms with Crippen LogP contribution in [0.25, 0.3) is 0 Å². The van der Waals surface area contributed by atoms with Crippen LogP contribution >= 0.6 is 0 Å². The number of unbranched alkanes of at least 4 members (excludes halogenated alkanes) is 4. The van der Waals surface area contributed by atoms with Crippen LogP contribution in [0.2, 0.25) is 0 Å². The highest BCUT2D eigenvalue weighted by atomic mass is 16.5. The fraction of sp³-hybridized carbons (Fsp3) is 0.941.